The Bertz CT molecular complexity index is 839. The largest absolute Gasteiger partial charge is 0.493 e. The van der Waals surface area contributed by atoms with Crippen molar-refractivity contribution in [3.8, 4) is 11.5 Å². The van der Waals surface area contributed by atoms with Crippen LogP contribution in [-0.2, 0) is 0 Å². The van der Waals surface area contributed by atoms with Crippen LogP contribution in [0.3, 0.4) is 0 Å². The molecule has 0 aliphatic carbocycles. The molecule has 0 fully saturated rings. The van der Waals surface area contributed by atoms with E-state index in [0.29, 0.717) is 11.6 Å². The molecule has 2 aromatic carbocycles. The van der Waals surface area contributed by atoms with E-state index in [1.165, 1.54) is 24.1 Å². The molecule has 2 aromatic rings. The minimum absolute atomic E-state index is 0.0624. The number of hydrogen-bond donors (Lipinski definition) is 0. The quantitative estimate of drug-likeness (QED) is 0.512. The van der Waals surface area contributed by atoms with E-state index < -0.39 is 10.8 Å². The molecule has 0 saturated carbocycles. The lowest BCUT2D eigenvalue weighted by atomic mass is 10.1. The number of amides is 1. The minimum Gasteiger partial charge on any atom is -0.493 e. The van der Waals surface area contributed by atoms with Crippen molar-refractivity contribution in [3.63, 3.8) is 0 Å². The van der Waals surface area contributed by atoms with Crippen LogP contribution < -0.4 is 9.47 Å². The summed E-state index contributed by atoms with van der Waals surface area (Å²) >= 11 is 5.90. The van der Waals surface area contributed by atoms with Gasteiger partial charge in [-0.2, -0.15) is 0 Å². The van der Waals surface area contributed by atoms with Crippen LogP contribution >= 0.6 is 11.6 Å². The summed E-state index contributed by atoms with van der Waals surface area (Å²) < 4.78 is 10.6. The summed E-state index contributed by atoms with van der Waals surface area (Å²) in [6.07, 6.45) is 0. The van der Waals surface area contributed by atoms with Gasteiger partial charge in [0, 0.05) is 18.1 Å². The zero-order valence-corrected chi connectivity index (χ0v) is 16.3. The normalized spacial score (nSPS) is 11.6. The van der Waals surface area contributed by atoms with Crippen LogP contribution in [0, 0.1) is 10.1 Å². The number of nitro groups is 1. The van der Waals surface area contributed by atoms with Crippen molar-refractivity contribution in [1.29, 1.82) is 0 Å². The van der Waals surface area contributed by atoms with Gasteiger partial charge in [-0.05, 0) is 31.5 Å². The van der Waals surface area contributed by atoms with Gasteiger partial charge in [0.15, 0.2) is 11.5 Å². The highest BCUT2D eigenvalue weighted by atomic mass is 35.5. The summed E-state index contributed by atoms with van der Waals surface area (Å²) in [5.41, 5.74) is 0.458. The van der Waals surface area contributed by atoms with Gasteiger partial charge in [0.25, 0.3) is 11.6 Å². The molecule has 0 unspecified atom stereocenters. The number of benzene rings is 2. The molecule has 1 atom stereocenters. The van der Waals surface area contributed by atoms with Gasteiger partial charge >= 0.3 is 0 Å². The maximum atomic E-state index is 13.0. The summed E-state index contributed by atoms with van der Waals surface area (Å²) in [6, 6.07) is 9.33. The molecular weight excluding hydrogens is 372 g/mol. The van der Waals surface area contributed by atoms with E-state index in [1.807, 2.05) is 19.1 Å². The highest BCUT2D eigenvalue weighted by molar-refractivity contribution is 6.30. The average molecular weight is 393 g/mol. The van der Waals surface area contributed by atoms with Gasteiger partial charge in [-0.25, -0.2) is 0 Å². The van der Waals surface area contributed by atoms with Crippen LogP contribution in [0.2, 0.25) is 5.02 Å². The van der Waals surface area contributed by atoms with Crippen molar-refractivity contribution in [2.24, 2.45) is 0 Å². The monoisotopic (exact) mass is 392 g/mol. The molecule has 0 bridgehead atoms. The molecule has 2 rings (SSSR count). The molecule has 0 radical (unpaired) electrons. The number of nitrogens with zero attached hydrogens (tertiary/aromatic N) is 2. The average Bonchev–Trinajstić information content (AvgIpc) is 2.66. The lowest BCUT2D eigenvalue weighted by Crippen LogP contribution is -2.30. The second kappa shape index (κ2) is 8.73. The van der Waals surface area contributed by atoms with Gasteiger partial charge in [0.2, 0.25) is 0 Å². The van der Waals surface area contributed by atoms with Crippen LogP contribution in [0.5, 0.6) is 11.5 Å². The van der Waals surface area contributed by atoms with E-state index in [2.05, 4.69) is 0 Å². The van der Waals surface area contributed by atoms with E-state index in [-0.39, 0.29) is 28.8 Å². The molecule has 0 aliphatic rings. The van der Waals surface area contributed by atoms with Crippen molar-refractivity contribution < 1.29 is 19.2 Å². The second-order valence-electron chi connectivity index (χ2n) is 5.85. The third kappa shape index (κ3) is 4.49. The van der Waals surface area contributed by atoms with E-state index in [0.717, 1.165) is 5.56 Å². The molecule has 0 spiro atoms. The molecular formula is C19H21ClN2O5. The van der Waals surface area contributed by atoms with Gasteiger partial charge < -0.3 is 14.4 Å². The Hall–Kier alpha value is -2.80. The van der Waals surface area contributed by atoms with Gasteiger partial charge in [-0.3, -0.25) is 14.9 Å². The number of methoxy groups -OCH3 is 1. The van der Waals surface area contributed by atoms with Crippen molar-refractivity contribution in [3.05, 3.63) is 62.7 Å². The zero-order chi connectivity index (χ0) is 20.1. The van der Waals surface area contributed by atoms with Crippen LogP contribution in [0.1, 0.15) is 35.8 Å². The van der Waals surface area contributed by atoms with Crippen molar-refractivity contribution in [1.82, 2.24) is 4.90 Å². The molecule has 7 nitrogen and oxygen atoms in total. The fourth-order valence-electron chi connectivity index (χ4n) is 2.63. The number of carbonyl (C=O) groups is 1. The topological polar surface area (TPSA) is 81.9 Å². The van der Waals surface area contributed by atoms with Gasteiger partial charge in [-0.1, -0.05) is 23.7 Å². The number of rotatable bonds is 7. The minimum atomic E-state index is -0.605. The van der Waals surface area contributed by atoms with Gasteiger partial charge in [0.05, 0.1) is 30.7 Å². The predicted octanol–water partition coefficient (Wildman–Crippen LogP) is 4.49. The molecule has 1 amide bonds. The van der Waals surface area contributed by atoms with Crippen LogP contribution in [0.4, 0.5) is 5.69 Å². The number of halogens is 1. The van der Waals surface area contributed by atoms with E-state index in [4.69, 9.17) is 21.1 Å². The summed E-state index contributed by atoms with van der Waals surface area (Å²) in [5.74, 6) is -0.0113. The SMILES string of the molecule is CCOc1cc(C(=O)N(C)[C@@H](C)c2ccc(Cl)cc2)c([N+](=O)[O-])cc1OC. The molecule has 27 heavy (non-hydrogen) atoms. The number of ether oxygens (including phenoxy) is 2. The Labute approximate surface area is 162 Å². The summed E-state index contributed by atoms with van der Waals surface area (Å²) in [7, 11) is 2.98. The summed E-state index contributed by atoms with van der Waals surface area (Å²) in [5, 5.41) is 12.1. The lowest BCUT2D eigenvalue weighted by Gasteiger charge is -2.25. The smallest absolute Gasteiger partial charge is 0.286 e. The first-order valence-corrected chi connectivity index (χ1v) is 8.69. The van der Waals surface area contributed by atoms with Crippen LogP contribution in [-0.4, -0.2) is 36.5 Å². The fourth-order valence-corrected chi connectivity index (χ4v) is 2.76. The molecule has 0 heterocycles. The molecule has 0 aromatic heterocycles. The zero-order valence-electron chi connectivity index (χ0n) is 15.6. The lowest BCUT2D eigenvalue weighted by molar-refractivity contribution is -0.385. The first-order valence-electron chi connectivity index (χ1n) is 8.32. The maximum absolute atomic E-state index is 13.0. The van der Waals surface area contributed by atoms with Gasteiger partial charge in [-0.15, -0.1) is 0 Å². The van der Waals surface area contributed by atoms with Crippen molar-refractivity contribution in [2.45, 2.75) is 19.9 Å². The first-order chi connectivity index (χ1) is 12.8. The highest BCUT2D eigenvalue weighted by Crippen LogP contribution is 2.36. The number of carbonyl (C=O) groups excluding carboxylic acids is 1. The molecule has 0 aliphatic heterocycles. The predicted molar refractivity (Wildman–Crippen MR) is 103 cm³/mol. The summed E-state index contributed by atoms with van der Waals surface area (Å²) in [6.45, 7) is 3.94. The Morgan fingerprint density at radius 3 is 2.41 bits per heavy atom. The summed E-state index contributed by atoms with van der Waals surface area (Å²) in [4.78, 5) is 25.3. The number of nitro benzene ring substituents is 1. The standard InChI is InChI=1S/C19H21ClN2O5/c1-5-27-18-10-15(16(22(24)25)11-17(18)26-4)19(23)21(3)12(2)13-6-8-14(20)9-7-13/h6-12H,5H2,1-4H3/t12-/m0/s1. The molecule has 0 saturated heterocycles. The third-order valence-electron chi connectivity index (χ3n) is 4.26. The second-order valence-corrected chi connectivity index (χ2v) is 6.29. The Kier molecular flexibility index (Phi) is 6.63. The van der Waals surface area contributed by atoms with Crippen molar-refractivity contribution >= 4 is 23.2 Å². The van der Waals surface area contributed by atoms with Crippen LogP contribution in [0.25, 0.3) is 0 Å². The first kappa shape index (κ1) is 20.5. The molecule has 8 heteroatoms. The fraction of sp³-hybridized carbons (Fsp3) is 0.316. The Balaban J connectivity index is 2.44. The van der Waals surface area contributed by atoms with Crippen molar-refractivity contribution in [2.75, 3.05) is 20.8 Å². The van der Waals surface area contributed by atoms with Gasteiger partial charge in [0.1, 0.15) is 5.56 Å². The Morgan fingerprint density at radius 1 is 1.26 bits per heavy atom. The number of hydrogen-bond acceptors (Lipinski definition) is 5. The van der Waals surface area contributed by atoms with E-state index >= 15 is 0 Å². The third-order valence-corrected chi connectivity index (χ3v) is 4.51. The highest BCUT2D eigenvalue weighted by Gasteiger charge is 2.29. The molecule has 0 N–H and O–H groups in total. The van der Waals surface area contributed by atoms with Crippen LogP contribution in [0.15, 0.2) is 36.4 Å². The maximum Gasteiger partial charge on any atom is 0.286 e. The van der Waals surface area contributed by atoms with E-state index in [9.17, 15) is 14.9 Å². The van der Waals surface area contributed by atoms with E-state index in [1.54, 1.807) is 26.1 Å². The molecule has 144 valence electrons. The Morgan fingerprint density at radius 2 is 1.89 bits per heavy atom.